The Morgan fingerprint density at radius 3 is 2.40 bits per heavy atom. The Morgan fingerprint density at radius 2 is 1.78 bits per heavy atom. The summed E-state index contributed by atoms with van der Waals surface area (Å²) in [7, 11) is -1.14. The van der Waals surface area contributed by atoms with Crippen LogP contribution in [0.3, 0.4) is 0 Å². The number of benzene rings is 1. The summed E-state index contributed by atoms with van der Waals surface area (Å²) < 4.78 is 32.8. The van der Waals surface area contributed by atoms with E-state index in [1.807, 2.05) is 0 Å². The van der Waals surface area contributed by atoms with Crippen LogP contribution in [-0.4, -0.2) is 91.1 Å². The summed E-state index contributed by atoms with van der Waals surface area (Å²) in [6.07, 6.45) is 4.51. The first-order chi connectivity index (χ1) is 21.6. The van der Waals surface area contributed by atoms with Gasteiger partial charge in [0.05, 0.1) is 31.0 Å². The number of carbonyl (C=O) groups is 3. The van der Waals surface area contributed by atoms with Gasteiger partial charge in [0, 0.05) is 26.7 Å². The molecule has 1 aliphatic carbocycles. The molecule has 0 bridgehead atoms. The second kappa shape index (κ2) is 15.7. The fourth-order valence-corrected chi connectivity index (χ4v) is 7.69. The van der Waals surface area contributed by atoms with Crippen LogP contribution in [0.2, 0.25) is 0 Å². The first-order valence-corrected chi connectivity index (χ1v) is 17.1. The van der Waals surface area contributed by atoms with Gasteiger partial charge in [-0.15, -0.1) is 0 Å². The van der Waals surface area contributed by atoms with Crippen molar-refractivity contribution in [2.75, 3.05) is 45.8 Å². The van der Waals surface area contributed by atoms with Crippen LogP contribution in [-0.2, 0) is 29.2 Å². The molecular formula is C30H39N5O8S2. The van der Waals surface area contributed by atoms with E-state index in [0.29, 0.717) is 39.9 Å². The number of ether oxygens (including phenoxy) is 1. The van der Waals surface area contributed by atoms with Gasteiger partial charge in [-0.3, -0.25) is 19.2 Å². The molecule has 244 valence electrons. The molecule has 0 unspecified atom stereocenters. The number of pyridine rings is 1. The molecule has 4 rings (SSSR count). The Labute approximate surface area is 266 Å². The highest BCUT2D eigenvalue weighted by molar-refractivity contribution is 7.89. The van der Waals surface area contributed by atoms with Gasteiger partial charge in [-0.1, -0.05) is 49.2 Å². The second-order valence-electron chi connectivity index (χ2n) is 10.8. The number of methoxy groups -OCH3 is 1. The molecule has 0 aliphatic heterocycles. The number of fused-ring (bicyclic) bond motifs is 1. The normalized spacial score (nSPS) is 14.6. The Hall–Kier alpha value is -3.50. The molecule has 2 amide bonds. The molecular weight excluding hydrogens is 622 g/mol. The van der Waals surface area contributed by atoms with E-state index in [4.69, 9.17) is 14.7 Å². The lowest BCUT2D eigenvalue weighted by atomic mass is 9.87. The van der Waals surface area contributed by atoms with Gasteiger partial charge in [0.25, 0.3) is 5.91 Å². The summed E-state index contributed by atoms with van der Waals surface area (Å²) >= 11 is 1.16. The Balaban J connectivity index is 1.56. The maximum absolute atomic E-state index is 13.7. The van der Waals surface area contributed by atoms with Gasteiger partial charge >= 0.3 is 5.97 Å². The maximum Gasteiger partial charge on any atom is 0.304 e. The van der Waals surface area contributed by atoms with Crippen LogP contribution in [0, 0.1) is 5.92 Å². The summed E-state index contributed by atoms with van der Waals surface area (Å²) in [6.45, 7) is 2.08. The van der Waals surface area contributed by atoms with E-state index in [1.54, 1.807) is 31.2 Å². The van der Waals surface area contributed by atoms with Gasteiger partial charge in [0.2, 0.25) is 15.9 Å². The molecule has 1 atom stereocenters. The summed E-state index contributed by atoms with van der Waals surface area (Å²) in [5, 5.41) is 13.5. The van der Waals surface area contributed by atoms with Gasteiger partial charge < -0.3 is 15.2 Å². The third kappa shape index (κ3) is 8.61. The third-order valence-electron chi connectivity index (χ3n) is 7.84. The van der Waals surface area contributed by atoms with Crippen LogP contribution >= 0.6 is 11.3 Å². The lowest BCUT2D eigenvalue weighted by Crippen LogP contribution is -2.35. The average Bonchev–Trinajstić information content (AvgIpc) is 3.69. The molecule has 1 saturated carbocycles. The van der Waals surface area contributed by atoms with Crippen molar-refractivity contribution in [2.24, 2.45) is 5.92 Å². The van der Waals surface area contributed by atoms with Crippen LogP contribution in [0.15, 0.2) is 41.3 Å². The molecule has 1 aliphatic rings. The van der Waals surface area contributed by atoms with Gasteiger partial charge in [-0.25, -0.2) is 23.4 Å². The minimum atomic E-state index is -4.00. The van der Waals surface area contributed by atoms with Crippen LogP contribution < -0.4 is 5.32 Å². The number of thiazole rings is 1. The molecule has 0 saturated heterocycles. The van der Waals surface area contributed by atoms with Crippen LogP contribution in [0.4, 0.5) is 5.13 Å². The number of carbonyl (C=O) groups excluding carboxylic acids is 2. The summed E-state index contributed by atoms with van der Waals surface area (Å²) in [4.78, 5) is 52.0. The largest absolute Gasteiger partial charge is 0.481 e. The van der Waals surface area contributed by atoms with Gasteiger partial charge in [-0.05, 0) is 49.1 Å². The van der Waals surface area contributed by atoms with Crippen molar-refractivity contribution < 1.29 is 37.5 Å². The zero-order chi connectivity index (χ0) is 32.6. The SMILES string of the molecule is CCN(OC)C(=O)c1ccc2nc(NC(=O)[C@H](CC3CCCC3)c3ccc(S(=O)(=O)N(CCOC)CCC(=O)O)cc3)sc2n1. The number of carboxylic acids is 1. The Kier molecular flexibility index (Phi) is 12.0. The highest BCUT2D eigenvalue weighted by atomic mass is 32.2. The number of nitrogens with one attached hydrogen (secondary N) is 1. The van der Waals surface area contributed by atoms with Crippen LogP contribution in [0.5, 0.6) is 0 Å². The Morgan fingerprint density at radius 1 is 1.07 bits per heavy atom. The number of rotatable bonds is 16. The predicted molar refractivity (Wildman–Crippen MR) is 168 cm³/mol. The number of aromatic nitrogens is 2. The monoisotopic (exact) mass is 661 g/mol. The van der Waals surface area contributed by atoms with E-state index in [0.717, 1.165) is 41.3 Å². The molecule has 2 heterocycles. The quantitative estimate of drug-likeness (QED) is 0.213. The number of hydroxylamine groups is 2. The van der Waals surface area contributed by atoms with Crippen molar-refractivity contribution in [2.45, 2.75) is 56.3 Å². The molecule has 15 heteroatoms. The summed E-state index contributed by atoms with van der Waals surface area (Å²) in [5.41, 5.74) is 1.40. The van der Waals surface area contributed by atoms with Crippen molar-refractivity contribution in [3.63, 3.8) is 0 Å². The first-order valence-electron chi connectivity index (χ1n) is 14.8. The van der Waals surface area contributed by atoms with Gasteiger partial charge in [0.15, 0.2) is 5.13 Å². The lowest BCUT2D eigenvalue weighted by molar-refractivity contribution is -0.137. The van der Waals surface area contributed by atoms with E-state index < -0.39 is 21.9 Å². The van der Waals surface area contributed by atoms with Gasteiger partial charge in [-0.2, -0.15) is 4.31 Å². The highest BCUT2D eigenvalue weighted by Crippen LogP contribution is 2.36. The number of amides is 2. The third-order valence-corrected chi connectivity index (χ3v) is 10.6. The van der Waals surface area contributed by atoms with Crippen molar-refractivity contribution in [1.29, 1.82) is 0 Å². The first kappa shape index (κ1) is 34.4. The van der Waals surface area contributed by atoms with Crippen molar-refractivity contribution >= 4 is 54.6 Å². The average molecular weight is 662 g/mol. The maximum atomic E-state index is 13.7. The second-order valence-corrected chi connectivity index (χ2v) is 13.7. The fourth-order valence-electron chi connectivity index (χ4n) is 5.43. The fraction of sp³-hybridized carbons (Fsp3) is 0.500. The molecule has 45 heavy (non-hydrogen) atoms. The number of aliphatic carboxylic acids is 1. The smallest absolute Gasteiger partial charge is 0.304 e. The number of anilines is 1. The zero-order valence-electron chi connectivity index (χ0n) is 25.6. The summed E-state index contributed by atoms with van der Waals surface area (Å²) in [6, 6.07) is 9.44. The predicted octanol–water partition coefficient (Wildman–Crippen LogP) is 4.13. The number of hydrogen-bond donors (Lipinski definition) is 2. The number of nitrogens with zero attached hydrogens (tertiary/aromatic N) is 4. The minimum absolute atomic E-state index is 0.00507. The standard InChI is InChI=1S/C30H39N5O8S2/c1-4-35(43-3)29(39)25-14-13-24-28(31-25)44-30(32-24)33-27(38)23(19-20-7-5-6-8-20)21-9-11-22(12-10-21)45(40,41)34(17-18-42-2)16-15-26(36)37/h9-14,20,23H,4-8,15-19H2,1-3H3,(H,36,37)(H,32,33,38)/t23-/m1/s1. The molecule has 13 nitrogen and oxygen atoms in total. The lowest BCUT2D eigenvalue weighted by Gasteiger charge is -2.23. The molecule has 1 aromatic carbocycles. The number of sulfonamides is 1. The van der Waals surface area contributed by atoms with E-state index >= 15 is 0 Å². The Bertz CT molecular complexity index is 1590. The van der Waals surface area contributed by atoms with E-state index in [9.17, 15) is 22.8 Å². The number of carboxylic acid groups (broad SMARTS) is 1. The highest BCUT2D eigenvalue weighted by Gasteiger charge is 2.29. The van der Waals surface area contributed by atoms with E-state index in [-0.39, 0.29) is 48.5 Å². The van der Waals surface area contributed by atoms with Crippen molar-refractivity contribution in [1.82, 2.24) is 19.3 Å². The molecule has 2 aromatic heterocycles. The zero-order valence-corrected chi connectivity index (χ0v) is 27.2. The van der Waals surface area contributed by atoms with Crippen LogP contribution in [0.1, 0.15) is 67.4 Å². The van der Waals surface area contributed by atoms with Gasteiger partial charge in [0.1, 0.15) is 16.0 Å². The summed E-state index contributed by atoms with van der Waals surface area (Å²) in [5.74, 6) is -1.95. The molecule has 3 aromatic rings. The van der Waals surface area contributed by atoms with Crippen LogP contribution in [0.25, 0.3) is 10.3 Å². The minimum Gasteiger partial charge on any atom is -0.481 e. The van der Waals surface area contributed by atoms with E-state index in [2.05, 4.69) is 15.3 Å². The van der Waals surface area contributed by atoms with Crippen molar-refractivity contribution in [3.8, 4) is 0 Å². The van der Waals surface area contributed by atoms with Crippen molar-refractivity contribution in [3.05, 3.63) is 47.7 Å². The van der Waals surface area contributed by atoms with E-state index in [1.165, 1.54) is 31.4 Å². The molecule has 1 fully saturated rings. The number of hydrogen-bond acceptors (Lipinski definition) is 10. The topological polar surface area (TPSA) is 168 Å². The molecule has 0 radical (unpaired) electrons. The molecule has 2 N–H and O–H groups in total. The molecule has 0 spiro atoms.